The summed E-state index contributed by atoms with van der Waals surface area (Å²) in [4.78, 5) is 54.1. The molecule has 4 fully saturated rings. The van der Waals surface area contributed by atoms with Gasteiger partial charge >= 0.3 is 5.97 Å². The number of carbonyl (C=O) groups is 4. The summed E-state index contributed by atoms with van der Waals surface area (Å²) in [5.74, 6) is -1.97. The number of benzene rings is 3. The van der Waals surface area contributed by atoms with Crippen LogP contribution < -0.4 is 16.0 Å². The number of fused-ring (bicyclic) bond motifs is 1. The summed E-state index contributed by atoms with van der Waals surface area (Å²) in [7, 11) is 0. The maximum Gasteiger partial charge on any atom is 0.322 e. The van der Waals surface area contributed by atoms with E-state index >= 15 is 0 Å². The molecule has 4 N–H and O–H groups in total. The molecule has 0 radical (unpaired) electrons. The van der Waals surface area contributed by atoms with Crippen molar-refractivity contribution in [3.8, 4) is 0 Å². The van der Waals surface area contributed by atoms with E-state index in [9.17, 15) is 24.3 Å². The van der Waals surface area contributed by atoms with Gasteiger partial charge in [0.1, 0.15) is 12.6 Å². The van der Waals surface area contributed by atoms with Crippen LogP contribution in [0.4, 0.5) is 0 Å². The van der Waals surface area contributed by atoms with Crippen LogP contribution in [0.2, 0.25) is 0 Å². The lowest BCUT2D eigenvalue weighted by Crippen LogP contribution is -2.57. The minimum absolute atomic E-state index is 0.0974. The van der Waals surface area contributed by atoms with Crippen molar-refractivity contribution in [1.29, 1.82) is 0 Å². The first kappa shape index (κ1) is 30.8. The molecule has 3 aromatic rings. The highest BCUT2D eigenvalue weighted by Gasteiger charge is 2.56. The average Bonchev–Trinajstić information content (AvgIpc) is 3.08. The Hall–Kier alpha value is -4.46. The van der Waals surface area contributed by atoms with Gasteiger partial charge in [0.2, 0.25) is 17.7 Å². The van der Waals surface area contributed by atoms with Crippen LogP contribution in [-0.4, -0.2) is 47.9 Å². The Labute approximate surface area is 281 Å². The number of amides is 3. The van der Waals surface area contributed by atoms with E-state index in [-0.39, 0.29) is 35.5 Å². The van der Waals surface area contributed by atoms with Crippen molar-refractivity contribution in [1.82, 2.24) is 16.0 Å². The molecular formula is C40H43N3O5. The van der Waals surface area contributed by atoms with Gasteiger partial charge in [-0.15, -0.1) is 0 Å². The van der Waals surface area contributed by atoms with Crippen molar-refractivity contribution in [3.63, 3.8) is 0 Å². The molecule has 0 saturated heterocycles. The summed E-state index contributed by atoms with van der Waals surface area (Å²) < 4.78 is 0. The fraction of sp³-hybridized carbons (Fsp3) is 0.450. The molecule has 4 saturated carbocycles. The minimum atomic E-state index is -1.17. The average molecular weight is 646 g/mol. The molecule has 7 aliphatic carbocycles. The SMILES string of the molecule is O=C(O)CNC(=O)[C@H](Cc1ccccc1)NC(=O)C1C2c3ccccc3C(c3ccccc32)C1C(=O)NCC12CC3CC(CC(C3)C1)C2. The van der Waals surface area contributed by atoms with E-state index in [1.165, 1.54) is 38.5 Å². The Bertz CT molecular complexity index is 1670. The van der Waals surface area contributed by atoms with Gasteiger partial charge in [-0.2, -0.15) is 0 Å². The quantitative estimate of drug-likeness (QED) is 0.253. The summed E-state index contributed by atoms with van der Waals surface area (Å²) in [6.45, 7) is 0.0965. The number of carboxylic acid groups (broad SMARTS) is 1. The topological polar surface area (TPSA) is 125 Å². The Morgan fingerprint density at radius 3 is 1.65 bits per heavy atom. The van der Waals surface area contributed by atoms with Crippen molar-refractivity contribution in [2.75, 3.05) is 13.1 Å². The van der Waals surface area contributed by atoms with Gasteiger partial charge in [-0.1, -0.05) is 78.9 Å². The molecule has 3 amide bonds. The summed E-state index contributed by atoms with van der Waals surface area (Å²) in [6.07, 6.45) is 7.72. The molecule has 8 nitrogen and oxygen atoms in total. The van der Waals surface area contributed by atoms with Crippen molar-refractivity contribution < 1.29 is 24.3 Å². The second-order valence-corrected chi connectivity index (χ2v) is 15.3. The van der Waals surface area contributed by atoms with E-state index in [1.807, 2.05) is 54.6 Å². The Balaban J connectivity index is 1.13. The maximum atomic E-state index is 14.7. The molecule has 6 bridgehead atoms. The van der Waals surface area contributed by atoms with E-state index in [1.54, 1.807) is 0 Å². The highest BCUT2D eigenvalue weighted by Crippen LogP contribution is 2.61. The highest BCUT2D eigenvalue weighted by atomic mass is 16.4. The van der Waals surface area contributed by atoms with Gasteiger partial charge in [-0.3, -0.25) is 19.2 Å². The molecule has 0 spiro atoms. The third kappa shape index (κ3) is 5.49. The second-order valence-electron chi connectivity index (χ2n) is 15.3. The van der Waals surface area contributed by atoms with Crippen LogP contribution in [-0.2, 0) is 25.6 Å². The predicted octanol–water partition coefficient (Wildman–Crippen LogP) is 4.77. The van der Waals surface area contributed by atoms with Gasteiger partial charge in [0.15, 0.2) is 0 Å². The van der Waals surface area contributed by atoms with Gasteiger partial charge in [-0.25, -0.2) is 0 Å². The molecule has 0 heterocycles. The summed E-state index contributed by atoms with van der Waals surface area (Å²) in [5, 5.41) is 18.1. The van der Waals surface area contributed by atoms with Gasteiger partial charge in [0.05, 0.1) is 11.8 Å². The fourth-order valence-corrected chi connectivity index (χ4v) is 10.8. The Kier molecular flexibility index (Phi) is 7.85. The van der Waals surface area contributed by atoms with E-state index < -0.39 is 36.3 Å². The van der Waals surface area contributed by atoms with Crippen molar-refractivity contribution in [2.45, 2.75) is 62.8 Å². The number of hydrogen-bond donors (Lipinski definition) is 4. The lowest BCUT2D eigenvalue weighted by molar-refractivity contribution is -0.140. The summed E-state index contributed by atoms with van der Waals surface area (Å²) in [6, 6.07) is 24.6. The summed E-state index contributed by atoms with van der Waals surface area (Å²) >= 11 is 0. The molecular weight excluding hydrogens is 602 g/mol. The molecule has 10 rings (SSSR count). The van der Waals surface area contributed by atoms with Gasteiger partial charge < -0.3 is 21.1 Å². The first-order valence-corrected chi connectivity index (χ1v) is 17.6. The molecule has 48 heavy (non-hydrogen) atoms. The number of carboxylic acids is 1. The van der Waals surface area contributed by atoms with E-state index in [0.29, 0.717) is 6.54 Å². The van der Waals surface area contributed by atoms with Crippen LogP contribution in [0.3, 0.4) is 0 Å². The van der Waals surface area contributed by atoms with Gasteiger partial charge in [0.25, 0.3) is 0 Å². The highest BCUT2D eigenvalue weighted by molar-refractivity contribution is 5.95. The van der Waals surface area contributed by atoms with Crippen molar-refractivity contribution in [3.05, 3.63) is 107 Å². The first-order valence-electron chi connectivity index (χ1n) is 17.6. The number of rotatable bonds is 10. The minimum Gasteiger partial charge on any atom is -0.480 e. The van der Waals surface area contributed by atoms with Crippen molar-refractivity contribution >= 4 is 23.7 Å². The Morgan fingerprint density at radius 2 is 1.15 bits per heavy atom. The van der Waals surface area contributed by atoms with E-state index in [2.05, 4.69) is 40.2 Å². The van der Waals surface area contributed by atoms with E-state index in [4.69, 9.17) is 0 Å². The normalized spacial score (nSPS) is 30.9. The first-order chi connectivity index (χ1) is 23.3. The fourth-order valence-electron chi connectivity index (χ4n) is 10.8. The number of hydrogen-bond acceptors (Lipinski definition) is 4. The zero-order valence-electron chi connectivity index (χ0n) is 27.1. The van der Waals surface area contributed by atoms with Crippen molar-refractivity contribution in [2.24, 2.45) is 35.0 Å². The van der Waals surface area contributed by atoms with Crippen LogP contribution in [0, 0.1) is 35.0 Å². The Morgan fingerprint density at radius 1 is 0.667 bits per heavy atom. The maximum absolute atomic E-state index is 14.7. The lowest BCUT2D eigenvalue weighted by atomic mass is 9.49. The molecule has 7 aliphatic rings. The number of carbonyl (C=O) groups excluding carboxylic acids is 3. The molecule has 3 atom stereocenters. The zero-order valence-corrected chi connectivity index (χ0v) is 27.1. The van der Waals surface area contributed by atoms with Gasteiger partial charge in [-0.05, 0) is 89.5 Å². The monoisotopic (exact) mass is 645 g/mol. The lowest BCUT2D eigenvalue weighted by Gasteiger charge is -2.57. The zero-order chi connectivity index (χ0) is 33.0. The molecule has 8 heteroatoms. The summed E-state index contributed by atoms with van der Waals surface area (Å²) in [5.41, 5.74) is 5.23. The third-order valence-corrected chi connectivity index (χ3v) is 12.2. The van der Waals surface area contributed by atoms with Crippen LogP contribution in [0.15, 0.2) is 78.9 Å². The molecule has 248 valence electrons. The van der Waals surface area contributed by atoms with Crippen LogP contribution in [0.1, 0.15) is 78.2 Å². The molecule has 0 aliphatic heterocycles. The molecule has 3 aromatic carbocycles. The van der Waals surface area contributed by atoms with Crippen LogP contribution in [0.5, 0.6) is 0 Å². The third-order valence-electron chi connectivity index (χ3n) is 12.2. The largest absolute Gasteiger partial charge is 0.480 e. The van der Waals surface area contributed by atoms with Gasteiger partial charge in [0, 0.05) is 24.8 Å². The standard InChI is InChI=1S/C40H43N3O5/c44-32(45)21-41-37(46)31(17-23-8-2-1-3-9-23)43-39(48)36-34-29-12-6-4-10-27(29)33(28-11-5-7-13-30(28)34)35(36)38(47)42-22-40-18-24-14-25(19-40)16-26(15-24)20-40/h1-13,24-26,31,33-36H,14-22H2,(H,41,46)(H,42,47)(H,43,48)(H,44,45)/t24?,25?,26?,31-,33?,34?,35?,36?,40?/m0/s1. The smallest absolute Gasteiger partial charge is 0.322 e. The van der Waals surface area contributed by atoms with E-state index in [0.717, 1.165) is 45.6 Å². The second kappa shape index (κ2) is 12.2. The molecule has 0 aromatic heterocycles. The van der Waals surface area contributed by atoms with Crippen LogP contribution in [0.25, 0.3) is 0 Å². The number of nitrogens with one attached hydrogen (secondary N) is 3. The number of aliphatic carboxylic acids is 1. The predicted molar refractivity (Wildman–Crippen MR) is 180 cm³/mol. The van der Waals surface area contributed by atoms with Crippen LogP contribution >= 0.6 is 0 Å². The molecule has 2 unspecified atom stereocenters.